The molecule has 2 N–H and O–H groups in total. The molecule has 2 rings (SSSR count). The lowest BCUT2D eigenvalue weighted by molar-refractivity contribution is 0.566. The lowest BCUT2D eigenvalue weighted by atomic mass is 9.99. The number of allylic oxidation sites excluding steroid dienone is 2. The van der Waals surface area contributed by atoms with Gasteiger partial charge in [0.15, 0.2) is 5.82 Å². The predicted molar refractivity (Wildman–Crippen MR) is 116 cm³/mol. The maximum atomic E-state index is 4.73. The Hall–Kier alpha value is -2.66. The van der Waals surface area contributed by atoms with Crippen molar-refractivity contribution >= 4 is 11.4 Å². The summed E-state index contributed by atoms with van der Waals surface area (Å²) in [7, 11) is 5.99. The number of aromatic nitrogens is 2. The summed E-state index contributed by atoms with van der Waals surface area (Å²) < 4.78 is 0. The van der Waals surface area contributed by atoms with Crippen molar-refractivity contribution in [2.45, 2.75) is 26.3 Å². The van der Waals surface area contributed by atoms with Gasteiger partial charge >= 0.3 is 0 Å². The van der Waals surface area contributed by atoms with E-state index in [1.54, 1.807) is 6.20 Å². The number of likely N-dealkylation sites (N-methyl/N-ethyl adjacent to an activating group) is 1. The first-order chi connectivity index (χ1) is 13.0. The molecule has 1 unspecified atom stereocenters. The van der Waals surface area contributed by atoms with Gasteiger partial charge in [0.05, 0.1) is 0 Å². The number of nitrogens with one attached hydrogen (secondary N) is 2. The van der Waals surface area contributed by atoms with Crippen molar-refractivity contribution < 1.29 is 0 Å². The number of anilines is 1. The number of benzene rings is 1. The molecule has 0 aliphatic rings. The van der Waals surface area contributed by atoms with Crippen LogP contribution < -0.4 is 10.6 Å². The van der Waals surface area contributed by atoms with E-state index in [0.717, 1.165) is 46.9 Å². The van der Waals surface area contributed by atoms with E-state index in [9.17, 15) is 0 Å². The minimum absolute atomic E-state index is 0.416. The molecule has 0 aliphatic carbocycles. The Morgan fingerprint density at radius 1 is 1.30 bits per heavy atom. The Bertz CT molecular complexity index is 791. The van der Waals surface area contributed by atoms with Crippen molar-refractivity contribution in [3.05, 3.63) is 60.4 Å². The van der Waals surface area contributed by atoms with Crippen LogP contribution in [0.2, 0.25) is 0 Å². The van der Waals surface area contributed by atoms with E-state index in [0.29, 0.717) is 6.04 Å². The fourth-order valence-electron chi connectivity index (χ4n) is 2.83. The average molecular weight is 366 g/mol. The molecule has 1 heterocycles. The van der Waals surface area contributed by atoms with Crippen LogP contribution in [-0.4, -0.2) is 48.6 Å². The summed E-state index contributed by atoms with van der Waals surface area (Å²) in [6.07, 6.45) is 6.80. The third-order valence-electron chi connectivity index (χ3n) is 4.52. The number of hydrogen-bond donors (Lipinski definition) is 2. The highest BCUT2D eigenvalue weighted by atomic mass is 15.1. The summed E-state index contributed by atoms with van der Waals surface area (Å²) in [5.41, 5.74) is 4.34. The molecule has 0 saturated heterocycles. The zero-order valence-corrected chi connectivity index (χ0v) is 17.1. The van der Waals surface area contributed by atoms with E-state index >= 15 is 0 Å². The zero-order valence-electron chi connectivity index (χ0n) is 17.1. The van der Waals surface area contributed by atoms with E-state index in [4.69, 9.17) is 4.98 Å². The van der Waals surface area contributed by atoms with Crippen LogP contribution in [-0.2, 0) is 0 Å². The Kier molecular flexibility index (Phi) is 7.55. The van der Waals surface area contributed by atoms with Crippen molar-refractivity contribution in [2.24, 2.45) is 0 Å². The van der Waals surface area contributed by atoms with Crippen molar-refractivity contribution in [1.29, 1.82) is 0 Å². The third-order valence-corrected chi connectivity index (χ3v) is 4.52. The molecule has 27 heavy (non-hydrogen) atoms. The van der Waals surface area contributed by atoms with Crippen LogP contribution in [0.1, 0.15) is 24.5 Å². The van der Waals surface area contributed by atoms with Gasteiger partial charge in [0.2, 0.25) is 0 Å². The van der Waals surface area contributed by atoms with E-state index in [1.165, 1.54) is 0 Å². The monoisotopic (exact) mass is 365 g/mol. The van der Waals surface area contributed by atoms with Gasteiger partial charge in [-0.2, -0.15) is 0 Å². The zero-order chi connectivity index (χ0) is 19.8. The summed E-state index contributed by atoms with van der Waals surface area (Å²) in [5, 5.41) is 6.70. The SMILES string of the molecule is C=C/C(=C\N(C)C)c1ccc(C)c(-c2nccc(NCC(CC)NC)n2)c1. The molecule has 0 amide bonds. The maximum Gasteiger partial charge on any atom is 0.161 e. The average Bonchev–Trinajstić information content (AvgIpc) is 2.67. The number of aryl methyl sites for hydroxylation is 1. The van der Waals surface area contributed by atoms with Crippen molar-refractivity contribution in [3.8, 4) is 11.4 Å². The lowest BCUT2D eigenvalue weighted by Crippen LogP contribution is -2.32. The molecule has 0 fully saturated rings. The fraction of sp³-hybridized carbons (Fsp3) is 0.364. The van der Waals surface area contributed by atoms with Crippen LogP contribution in [0, 0.1) is 6.92 Å². The molecule has 2 aromatic rings. The Labute approximate surface area is 163 Å². The molecule has 0 bridgehead atoms. The normalized spacial score (nSPS) is 12.6. The summed E-state index contributed by atoms with van der Waals surface area (Å²) in [5.74, 6) is 1.57. The Morgan fingerprint density at radius 3 is 2.70 bits per heavy atom. The molecular weight excluding hydrogens is 334 g/mol. The number of hydrogen-bond acceptors (Lipinski definition) is 5. The van der Waals surface area contributed by atoms with Crippen molar-refractivity contribution in [2.75, 3.05) is 33.0 Å². The second-order valence-electron chi connectivity index (χ2n) is 6.82. The molecule has 1 atom stereocenters. The largest absolute Gasteiger partial charge is 0.383 e. The van der Waals surface area contributed by atoms with Gasteiger partial charge in [-0.25, -0.2) is 9.97 Å². The van der Waals surface area contributed by atoms with E-state index in [2.05, 4.69) is 60.4 Å². The highest BCUT2D eigenvalue weighted by molar-refractivity contribution is 5.77. The summed E-state index contributed by atoms with van der Waals surface area (Å²) in [4.78, 5) is 11.2. The lowest BCUT2D eigenvalue weighted by Gasteiger charge is -2.15. The highest BCUT2D eigenvalue weighted by Gasteiger charge is 2.10. The quantitative estimate of drug-likeness (QED) is 0.659. The third kappa shape index (κ3) is 5.66. The van der Waals surface area contributed by atoms with Crippen LogP contribution >= 0.6 is 0 Å². The minimum atomic E-state index is 0.416. The molecule has 0 spiro atoms. The summed E-state index contributed by atoms with van der Waals surface area (Å²) >= 11 is 0. The second kappa shape index (κ2) is 9.88. The van der Waals surface area contributed by atoms with Gasteiger partial charge in [-0.15, -0.1) is 0 Å². The van der Waals surface area contributed by atoms with Gasteiger partial charge in [0.1, 0.15) is 5.82 Å². The first-order valence-corrected chi connectivity index (χ1v) is 9.34. The van der Waals surface area contributed by atoms with Gasteiger partial charge in [-0.1, -0.05) is 31.7 Å². The van der Waals surface area contributed by atoms with Gasteiger partial charge < -0.3 is 15.5 Å². The van der Waals surface area contributed by atoms with Gasteiger partial charge in [0, 0.05) is 44.6 Å². The fourth-order valence-corrected chi connectivity index (χ4v) is 2.83. The van der Waals surface area contributed by atoms with E-state index < -0.39 is 0 Å². The molecule has 0 saturated carbocycles. The topological polar surface area (TPSA) is 53.1 Å². The molecule has 144 valence electrons. The van der Waals surface area contributed by atoms with Crippen molar-refractivity contribution in [1.82, 2.24) is 20.2 Å². The number of rotatable bonds is 9. The van der Waals surface area contributed by atoms with Crippen LogP contribution in [0.15, 0.2) is 49.3 Å². The first-order valence-electron chi connectivity index (χ1n) is 9.34. The number of nitrogens with zero attached hydrogens (tertiary/aromatic N) is 3. The molecule has 1 aromatic carbocycles. The van der Waals surface area contributed by atoms with E-state index in [1.807, 2.05) is 38.2 Å². The Morgan fingerprint density at radius 2 is 2.07 bits per heavy atom. The van der Waals surface area contributed by atoms with Crippen molar-refractivity contribution in [3.63, 3.8) is 0 Å². The standard InChI is InChI=1S/C22H31N5/c1-7-17(15-27(5)6)18-10-9-16(3)20(13-18)22-24-12-11-21(26-22)25-14-19(8-2)23-4/h7,9-13,15,19,23H,1,8,14H2,2-6H3,(H,24,25,26)/b17-15+. The molecule has 0 aliphatic heterocycles. The summed E-state index contributed by atoms with van der Waals surface area (Å²) in [6, 6.07) is 8.67. The van der Waals surface area contributed by atoms with Gasteiger partial charge in [-0.05, 0) is 49.2 Å². The van der Waals surface area contributed by atoms with Crippen LogP contribution in [0.4, 0.5) is 5.82 Å². The Balaban J connectivity index is 2.33. The summed E-state index contributed by atoms with van der Waals surface area (Å²) in [6.45, 7) is 9.02. The molecule has 5 nitrogen and oxygen atoms in total. The highest BCUT2D eigenvalue weighted by Crippen LogP contribution is 2.26. The van der Waals surface area contributed by atoms with Crippen LogP contribution in [0.5, 0.6) is 0 Å². The van der Waals surface area contributed by atoms with E-state index in [-0.39, 0.29) is 0 Å². The molecular formula is C22H31N5. The van der Waals surface area contributed by atoms with Gasteiger partial charge in [0.25, 0.3) is 0 Å². The predicted octanol–water partition coefficient (Wildman–Crippen LogP) is 3.95. The second-order valence-corrected chi connectivity index (χ2v) is 6.82. The van der Waals surface area contributed by atoms with Crippen LogP contribution in [0.3, 0.4) is 0 Å². The molecule has 1 aromatic heterocycles. The van der Waals surface area contributed by atoms with Crippen LogP contribution in [0.25, 0.3) is 17.0 Å². The first kappa shape index (κ1) is 20.6. The maximum absolute atomic E-state index is 4.73. The minimum Gasteiger partial charge on any atom is -0.383 e. The molecule has 5 heteroatoms. The molecule has 0 radical (unpaired) electrons. The van der Waals surface area contributed by atoms with Gasteiger partial charge in [-0.3, -0.25) is 0 Å². The smallest absolute Gasteiger partial charge is 0.161 e.